The fraction of sp³-hybridized carbons (Fsp3) is 0.923. The van der Waals surface area contributed by atoms with Crippen LogP contribution in [0.25, 0.3) is 0 Å². The summed E-state index contributed by atoms with van der Waals surface area (Å²) in [7, 11) is 0. The third kappa shape index (κ3) is 4.28. The molecule has 0 radical (unpaired) electrons. The Morgan fingerprint density at radius 3 is 2.47 bits per heavy atom. The summed E-state index contributed by atoms with van der Waals surface area (Å²) >= 11 is 0. The summed E-state index contributed by atoms with van der Waals surface area (Å²) in [5.74, 6) is -0.262. The van der Waals surface area contributed by atoms with Crippen LogP contribution in [0, 0.1) is 5.92 Å². The Kier molecular flexibility index (Phi) is 4.80. The largest absolute Gasteiger partial charge is 0.481 e. The molecule has 4 nitrogen and oxygen atoms in total. The molecule has 2 fully saturated rings. The van der Waals surface area contributed by atoms with Gasteiger partial charge in [-0.3, -0.25) is 4.79 Å². The highest BCUT2D eigenvalue weighted by atomic mass is 16.4. The van der Waals surface area contributed by atoms with Crippen LogP contribution >= 0.6 is 0 Å². The molecule has 4 heteroatoms. The highest BCUT2D eigenvalue weighted by Gasteiger charge is 2.24. The molecule has 2 heterocycles. The van der Waals surface area contributed by atoms with Gasteiger partial charge in [-0.15, -0.1) is 0 Å². The van der Waals surface area contributed by atoms with Crippen molar-refractivity contribution < 1.29 is 9.90 Å². The Morgan fingerprint density at radius 2 is 1.76 bits per heavy atom. The van der Waals surface area contributed by atoms with E-state index in [1.165, 1.54) is 38.9 Å². The average Bonchev–Trinajstić information content (AvgIpc) is 2.75. The summed E-state index contributed by atoms with van der Waals surface area (Å²) in [5, 5.41) is 8.77. The fourth-order valence-corrected chi connectivity index (χ4v) is 3.00. The van der Waals surface area contributed by atoms with E-state index in [2.05, 4.69) is 9.80 Å². The lowest BCUT2D eigenvalue weighted by atomic mass is 10.1. The molecule has 2 aliphatic heterocycles. The van der Waals surface area contributed by atoms with Gasteiger partial charge in [-0.2, -0.15) is 0 Å². The SMILES string of the molecule is O=C(O)CC1CCN(CCN2CCCCC2)C1. The molecule has 1 unspecified atom stereocenters. The summed E-state index contributed by atoms with van der Waals surface area (Å²) in [6.45, 7) is 6.88. The predicted octanol–water partition coefficient (Wildman–Crippen LogP) is 1.27. The van der Waals surface area contributed by atoms with Gasteiger partial charge in [0.1, 0.15) is 0 Å². The van der Waals surface area contributed by atoms with Crippen molar-refractivity contribution in [1.82, 2.24) is 9.80 Å². The third-order valence-electron chi connectivity index (χ3n) is 4.01. The smallest absolute Gasteiger partial charge is 0.303 e. The molecule has 0 aromatic heterocycles. The molecule has 0 amide bonds. The number of aliphatic carboxylic acids is 1. The normalized spacial score (nSPS) is 27.4. The van der Waals surface area contributed by atoms with Crippen molar-refractivity contribution in [3.05, 3.63) is 0 Å². The Labute approximate surface area is 104 Å². The predicted molar refractivity (Wildman–Crippen MR) is 67.1 cm³/mol. The first-order valence-electron chi connectivity index (χ1n) is 6.90. The Balaban J connectivity index is 1.62. The van der Waals surface area contributed by atoms with Crippen LogP contribution in [0.2, 0.25) is 0 Å². The Hall–Kier alpha value is -0.610. The van der Waals surface area contributed by atoms with Crippen LogP contribution in [0.3, 0.4) is 0 Å². The molecule has 0 saturated carbocycles. The molecule has 0 aromatic carbocycles. The van der Waals surface area contributed by atoms with E-state index in [9.17, 15) is 4.79 Å². The number of hydrogen-bond donors (Lipinski definition) is 1. The van der Waals surface area contributed by atoms with Crippen LogP contribution in [-0.4, -0.2) is 60.1 Å². The molecule has 0 bridgehead atoms. The van der Waals surface area contributed by atoms with Gasteiger partial charge in [0.15, 0.2) is 0 Å². The quantitative estimate of drug-likeness (QED) is 0.786. The number of hydrogen-bond acceptors (Lipinski definition) is 3. The summed E-state index contributed by atoms with van der Waals surface area (Å²) in [6.07, 6.45) is 5.50. The molecular weight excluding hydrogens is 216 g/mol. The molecule has 2 aliphatic rings. The van der Waals surface area contributed by atoms with Gasteiger partial charge in [0.2, 0.25) is 0 Å². The van der Waals surface area contributed by atoms with Crippen LogP contribution in [0.1, 0.15) is 32.1 Å². The number of carboxylic acid groups (broad SMARTS) is 1. The Morgan fingerprint density at radius 1 is 1.06 bits per heavy atom. The van der Waals surface area contributed by atoms with Gasteiger partial charge in [-0.1, -0.05) is 6.42 Å². The van der Waals surface area contributed by atoms with Crippen molar-refractivity contribution >= 4 is 5.97 Å². The van der Waals surface area contributed by atoms with Crippen molar-refractivity contribution in [2.24, 2.45) is 5.92 Å². The molecule has 17 heavy (non-hydrogen) atoms. The topological polar surface area (TPSA) is 43.8 Å². The molecule has 98 valence electrons. The first-order chi connectivity index (χ1) is 8.24. The minimum absolute atomic E-state index is 0.347. The highest BCUT2D eigenvalue weighted by molar-refractivity contribution is 5.67. The van der Waals surface area contributed by atoms with E-state index < -0.39 is 5.97 Å². The minimum Gasteiger partial charge on any atom is -0.481 e. The van der Waals surface area contributed by atoms with Gasteiger partial charge in [0.25, 0.3) is 0 Å². The minimum atomic E-state index is -0.645. The van der Waals surface area contributed by atoms with Gasteiger partial charge in [0, 0.05) is 26.1 Å². The Bertz CT molecular complexity index is 252. The van der Waals surface area contributed by atoms with Crippen LogP contribution in [0.15, 0.2) is 0 Å². The van der Waals surface area contributed by atoms with Crippen molar-refractivity contribution in [3.63, 3.8) is 0 Å². The molecule has 2 rings (SSSR count). The molecule has 1 atom stereocenters. The van der Waals surface area contributed by atoms with E-state index in [1.807, 2.05) is 0 Å². The van der Waals surface area contributed by atoms with E-state index in [1.54, 1.807) is 0 Å². The maximum Gasteiger partial charge on any atom is 0.303 e. The van der Waals surface area contributed by atoms with Crippen LogP contribution in [0.5, 0.6) is 0 Å². The van der Waals surface area contributed by atoms with Crippen LogP contribution in [-0.2, 0) is 4.79 Å². The summed E-state index contributed by atoms with van der Waals surface area (Å²) < 4.78 is 0. The van der Waals surface area contributed by atoms with Crippen molar-refractivity contribution in [1.29, 1.82) is 0 Å². The first kappa shape index (κ1) is 12.8. The lowest BCUT2D eigenvalue weighted by molar-refractivity contribution is -0.138. The summed E-state index contributed by atoms with van der Waals surface area (Å²) in [5.41, 5.74) is 0. The van der Waals surface area contributed by atoms with Crippen molar-refractivity contribution in [2.75, 3.05) is 39.3 Å². The number of likely N-dealkylation sites (tertiary alicyclic amines) is 2. The first-order valence-corrected chi connectivity index (χ1v) is 6.90. The second-order valence-electron chi connectivity index (χ2n) is 5.46. The van der Waals surface area contributed by atoms with E-state index in [0.717, 1.165) is 26.1 Å². The molecule has 0 spiro atoms. The number of rotatable bonds is 5. The van der Waals surface area contributed by atoms with E-state index in [4.69, 9.17) is 5.11 Å². The monoisotopic (exact) mass is 240 g/mol. The maximum atomic E-state index is 10.6. The number of carbonyl (C=O) groups is 1. The van der Waals surface area contributed by atoms with E-state index >= 15 is 0 Å². The van der Waals surface area contributed by atoms with Crippen LogP contribution < -0.4 is 0 Å². The standard InChI is InChI=1S/C13H24N2O2/c16-13(17)10-12-4-7-15(11-12)9-8-14-5-2-1-3-6-14/h12H,1-11H2,(H,16,17). The molecule has 2 saturated heterocycles. The second kappa shape index (κ2) is 6.36. The summed E-state index contributed by atoms with van der Waals surface area (Å²) in [6, 6.07) is 0. The highest BCUT2D eigenvalue weighted by Crippen LogP contribution is 2.19. The zero-order valence-electron chi connectivity index (χ0n) is 10.6. The zero-order valence-corrected chi connectivity index (χ0v) is 10.6. The van der Waals surface area contributed by atoms with Crippen molar-refractivity contribution in [3.8, 4) is 0 Å². The average molecular weight is 240 g/mol. The lowest BCUT2D eigenvalue weighted by Gasteiger charge is -2.28. The summed E-state index contributed by atoms with van der Waals surface area (Å²) in [4.78, 5) is 15.6. The number of carboxylic acids is 1. The molecular formula is C13H24N2O2. The maximum absolute atomic E-state index is 10.6. The van der Waals surface area contributed by atoms with Crippen LogP contribution in [0.4, 0.5) is 0 Å². The second-order valence-corrected chi connectivity index (χ2v) is 5.46. The van der Waals surface area contributed by atoms with Gasteiger partial charge < -0.3 is 14.9 Å². The van der Waals surface area contributed by atoms with Gasteiger partial charge >= 0.3 is 5.97 Å². The van der Waals surface area contributed by atoms with Gasteiger partial charge in [0.05, 0.1) is 0 Å². The van der Waals surface area contributed by atoms with Crippen molar-refractivity contribution in [2.45, 2.75) is 32.1 Å². The van der Waals surface area contributed by atoms with Gasteiger partial charge in [-0.05, 0) is 44.8 Å². The molecule has 0 aromatic rings. The lowest BCUT2D eigenvalue weighted by Crippen LogP contribution is -2.37. The molecule has 1 N–H and O–H groups in total. The molecule has 0 aliphatic carbocycles. The van der Waals surface area contributed by atoms with Gasteiger partial charge in [-0.25, -0.2) is 0 Å². The number of piperidine rings is 1. The van der Waals surface area contributed by atoms with E-state index in [-0.39, 0.29) is 0 Å². The van der Waals surface area contributed by atoms with E-state index in [0.29, 0.717) is 12.3 Å². The third-order valence-corrected chi connectivity index (χ3v) is 4.01. The zero-order chi connectivity index (χ0) is 12.1. The fourth-order valence-electron chi connectivity index (χ4n) is 3.00. The number of nitrogens with zero attached hydrogens (tertiary/aromatic N) is 2.